The lowest BCUT2D eigenvalue weighted by Gasteiger charge is -2.43. The second-order valence-electron chi connectivity index (χ2n) is 12.9. The van der Waals surface area contributed by atoms with Gasteiger partial charge in [-0.25, -0.2) is 4.98 Å². The molecule has 4 heterocycles. The maximum Gasteiger partial charge on any atom is 0.229 e. The molecule has 2 N–H and O–H groups in total. The van der Waals surface area contributed by atoms with Crippen molar-refractivity contribution < 1.29 is 4.74 Å². The third-order valence-electron chi connectivity index (χ3n) is 9.55. The van der Waals surface area contributed by atoms with E-state index >= 15 is 0 Å². The molecule has 12 nitrogen and oxygen atoms in total. The number of nitriles is 1. The van der Waals surface area contributed by atoms with Gasteiger partial charge < -0.3 is 29.5 Å². The number of ether oxygens (including phenoxy) is 1. The fourth-order valence-electron chi connectivity index (χ4n) is 6.89. The second kappa shape index (κ2) is 15.4. The number of methoxy groups -OCH3 is 1. The first-order valence-electron chi connectivity index (χ1n) is 17.1. The standard InChI is InChI=1S/C36H47N11OS/c1-7-25-20-30(32(48-5)21-31(25)46-14-10-27(11-15-46)45-18-16-44(4)17-19-45)42-36-40-23-26(22-37)35(43-36)41-29-9-8-28-33(39-13-12-38-28)34(29)47(49-6)24(2)3/h8-9,12-13,20-21,23-24,27H,7,10-11,14-19H2,1-6H3,(H2,40,41,42,43). The molecule has 49 heavy (non-hydrogen) atoms. The summed E-state index contributed by atoms with van der Waals surface area (Å²) in [5, 5.41) is 16.8. The summed E-state index contributed by atoms with van der Waals surface area (Å²) in [7, 11) is 3.91. The van der Waals surface area contributed by atoms with Crippen molar-refractivity contribution in [1.82, 2.24) is 29.7 Å². The highest BCUT2D eigenvalue weighted by Crippen LogP contribution is 2.40. The largest absolute Gasteiger partial charge is 0.494 e. The number of nitrogens with zero attached hydrogens (tertiary/aromatic N) is 9. The molecule has 0 unspecified atom stereocenters. The van der Waals surface area contributed by atoms with Crippen LogP contribution >= 0.6 is 11.9 Å². The Hall–Kier alpha value is -4.38. The normalized spacial score (nSPS) is 16.2. The Morgan fingerprint density at radius 3 is 2.45 bits per heavy atom. The van der Waals surface area contributed by atoms with Gasteiger partial charge in [-0.1, -0.05) is 18.9 Å². The van der Waals surface area contributed by atoms with Gasteiger partial charge >= 0.3 is 0 Å². The highest BCUT2D eigenvalue weighted by Gasteiger charge is 2.28. The minimum absolute atomic E-state index is 0.174. The van der Waals surface area contributed by atoms with Crippen LogP contribution in [0.1, 0.15) is 44.7 Å². The van der Waals surface area contributed by atoms with E-state index in [2.05, 4.69) is 90.6 Å². The average molecular weight is 682 g/mol. The Kier molecular flexibility index (Phi) is 10.9. The first-order valence-corrected chi connectivity index (χ1v) is 18.3. The molecule has 0 amide bonds. The Labute approximate surface area is 294 Å². The maximum absolute atomic E-state index is 10.0. The zero-order chi connectivity index (χ0) is 34.5. The number of rotatable bonds is 11. The summed E-state index contributed by atoms with van der Waals surface area (Å²) in [6.07, 6.45) is 10.2. The van der Waals surface area contributed by atoms with Crippen LogP contribution in [0, 0.1) is 11.3 Å². The summed E-state index contributed by atoms with van der Waals surface area (Å²) in [5.74, 6) is 1.47. The molecule has 0 saturated carbocycles. The molecular formula is C36H47N11OS. The number of hydrogen-bond acceptors (Lipinski definition) is 13. The van der Waals surface area contributed by atoms with Crippen LogP contribution in [-0.2, 0) is 6.42 Å². The third kappa shape index (κ3) is 7.46. The van der Waals surface area contributed by atoms with E-state index in [1.54, 1.807) is 37.6 Å². The highest BCUT2D eigenvalue weighted by atomic mass is 32.2. The molecule has 0 radical (unpaired) electrons. The predicted molar refractivity (Wildman–Crippen MR) is 201 cm³/mol. The van der Waals surface area contributed by atoms with Gasteiger partial charge in [0.05, 0.1) is 35.9 Å². The first-order chi connectivity index (χ1) is 23.8. The van der Waals surface area contributed by atoms with E-state index in [4.69, 9.17) is 9.72 Å². The van der Waals surface area contributed by atoms with Crippen LogP contribution in [0.5, 0.6) is 5.75 Å². The molecule has 0 aliphatic carbocycles. The molecule has 6 rings (SSSR count). The lowest BCUT2D eigenvalue weighted by molar-refractivity contribution is 0.0982. The molecule has 2 saturated heterocycles. The zero-order valence-corrected chi connectivity index (χ0v) is 30.2. The highest BCUT2D eigenvalue weighted by molar-refractivity contribution is 8.00. The van der Waals surface area contributed by atoms with Gasteiger partial charge in [0.25, 0.3) is 0 Å². The number of likely N-dealkylation sites (N-methyl/N-ethyl adjacent to an activating group) is 1. The smallest absolute Gasteiger partial charge is 0.229 e. The van der Waals surface area contributed by atoms with Gasteiger partial charge in [-0.2, -0.15) is 10.2 Å². The van der Waals surface area contributed by atoms with Crippen LogP contribution in [0.25, 0.3) is 11.0 Å². The van der Waals surface area contributed by atoms with Crippen molar-refractivity contribution in [1.29, 1.82) is 5.26 Å². The maximum atomic E-state index is 10.0. The number of piperidine rings is 1. The molecule has 2 aliphatic rings. The number of fused-ring (bicyclic) bond motifs is 1. The van der Waals surface area contributed by atoms with E-state index in [1.807, 2.05) is 18.4 Å². The van der Waals surface area contributed by atoms with Crippen molar-refractivity contribution in [2.75, 3.05) is 79.5 Å². The molecule has 0 bridgehead atoms. The van der Waals surface area contributed by atoms with E-state index in [1.165, 1.54) is 24.1 Å². The Morgan fingerprint density at radius 2 is 1.78 bits per heavy atom. The molecule has 13 heteroatoms. The van der Waals surface area contributed by atoms with E-state index in [0.29, 0.717) is 23.4 Å². The number of piperazine rings is 1. The summed E-state index contributed by atoms with van der Waals surface area (Å²) < 4.78 is 8.10. The van der Waals surface area contributed by atoms with Crippen LogP contribution in [0.15, 0.2) is 42.9 Å². The number of aromatic nitrogens is 4. The number of nitrogens with one attached hydrogen (secondary N) is 2. The fourth-order valence-corrected chi connectivity index (χ4v) is 7.68. The monoisotopic (exact) mass is 681 g/mol. The van der Waals surface area contributed by atoms with Crippen molar-refractivity contribution in [2.45, 2.75) is 52.1 Å². The number of hydrogen-bond donors (Lipinski definition) is 2. The Morgan fingerprint density at radius 1 is 1.02 bits per heavy atom. The average Bonchev–Trinajstić information content (AvgIpc) is 3.13. The summed E-state index contributed by atoms with van der Waals surface area (Å²) in [4.78, 5) is 26.1. The minimum Gasteiger partial charge on any atom is -0.494 e. The van der Waals surface area contributed by atoms with Crippen molar-refractivity contribution in [3.8, 4) is 11.8 Å². The van der Waals surface area contributed by atoms with E-state index in [-0.39, 0.29) is 6.04 Å². The van der Waals surface area contributed by atoms with Gasteiger partial charge in [0.2, 0.25) is 5.95 Å². The molecule has 258 valence electrons. The van der Waals surface area contributed by atoms with Gasteiger partial charge in [0.1, 0.15) is 22.9 Å². The lowest BCUT2D eigenvalue weighted by Crippen LogP contribution is -2.52. The molecule has 0 spiro atoms. The molecule has 2 fully saturated rings. The van der Waals surface area contributed by atoms with Gasteiger partial charge in [-0.3, -0.25) is 14.9 Å². The molecule has 2 aromatic carbocycles. The topological polar surface area (TPSA) is 122 Å². The SMILES string of the molecule is CCc1cc(Nc2ncc(C#N)c(Nc3ccc4nccnc4c3N(SC)C(C)C)n2)c(OC)cc1N1CCC(N2CCN(C)CC2)CC1. The minimum atomic E-state index is 0.174. The van der Waals surface area contributed by atoms with Crippen LogP contribution < -0.4 is 24.6 Å². The summed E-state index contributed by atoms with van der Waals surface area (Å²) in [5.41, 5.74) is 6.76. The van der Waals surface area contributed by atoms with Gasteiger partial charge in [0.15, 0.2) is 5.82 Å². The van der Waals surface area contributed by atoms with Crippen molar-refractivity contribution >= 4 is 57.5 Å². The first kappa shape index (κ1) is 34.5. The molecule has 4 aromatic rings. The summed E-state index contributed by atoms with van der Waals surface area (Å²) in [6.45, 7) is 13.1. The molecular weight excluding hydrogens is 635 g/mol. The fraction of sp³-hybridized carbons (Fsp3) is 0.472. The number of anilines is 6. The van der Waals surface area contributed by atoms with E-state index < -0.39 is 0 Å². The van der Waals surface area contributed by atoms with Gasteiger partial charge in [0, 0.05) is 81.8 Å². The van der Waals surface area contributed by atoms with Crippen molar-refractivity contribution in [2.24, 2.45) is 0 Å². The van der Waals surface area contributed by atoms with Crippen LogP contribution in [0.2, 0.25) is 0 Å². The summed E-state index contributed by atoms with van der Waals surface area (Å²) >= 11 is 1.61. The Balaban J connectivity index is 1.26. The van der Waals surface area contributed by atoms with Crippen LogP contribution in [0.3, 0.4) is 0 Å². The quantitative estimate of drug-likeness (QED) is 0.179. The Bertz CT molecular complexity index is 1800. The molecule has 2 aromatic heterocycles. The van der Waals surface area contributed by atoms with Crippen LogP contribution in [0.4, 0.5) is 34.5 Å². The number of benzene rings is 2. The lowest BCUT2D eigenvalue weighted by atomic mass is 9.99. The van der Waals surface area contributed by atoms with Gasteiger partial charge in [-0.05, 0) is 63.9 Å². The van der Waals surface area contributed by atoms with Gasteiger partial charge in [-0.15, -0.1) is 0 Å². The number of aryl methyl sites for hydroxylation is 1. The van der Waals surface area contributed by atoms with E-state index in [9.17, 15) is 5.26 Å². The third-order valence-corrected chi connectivity index (χ3v) is 10.5. The predicted octanol–water partition coefficient (Wildman–Crippen LogP) is 6.06. The molecule has 0 atom stereocenters. The zero-order valence-electron chi connectivity index (χ0n) is 29.4. The van der Waals surface area contributed by atoms with Crippen LogP contribution in [-0.4, -0.2) is 102 Å². The summed E-state index contributed by atoms with van der Waals surface area (Å²) in [6, 6.07) is 11.2. The molecule has 2 aliphatic heterocycles. The van der Waals surface area contributed by atoms with E-state index in [0.717, 1.165) is 79.5 Å². The van der Waals surface area contributed by atoms with Crippen molar-refractivity contribution in [3.63, 3.8) is 0 Å². The van der Waals surface area contributed by atoms with Crippen molar-refractivity contribution in [3.05, 3.63) is 54.0 Å². The second-order valence-corrected chi connectivity index (χ2v) is 13.7.